The average Bonchev–Trinajstić information content (AvgIpc) is 3.35. The van der Waals surface area contributed by atoms with Gasteiger partial charge in [0.15, 0.2) is 0 Å². The summed E-state index contributed by atoms with van der Waals surface area (Å²) < 4.78 is 10.6. The molecule has 1 amide bonds. The lowest BCUT2D eigenvalue weighted by atomic mass is 10.0. The van der Waals surface area contributed by atoms with Crippen LogP contribution in [0.2, 0.25) is 0 Å². The Hall–Kier alpha value is -2.93. The summed E-state index contributed by atoms with van der Waals surface area (Å²) in [5.74, 6) is -0.650. The fourth-order valence-electron chi connectivity index (χ4n) is 3.42. The molecule has 7 heteroatoms. The molecule has 0 atom stereocenters. The molecule has 0 radical (unpaired) electrons. The molecule has 0 aliphatic heterocycles. The van der Waals surface area contributed by atoms with Crippen molar-refractivity contribution in [1.29, 1.82) is 0 Å². The first-order valence-electron chi connectivity index (χ1n) is 9.15. The summed E-state index contributed by atoms with van der Waals surface area (Å²) in [6.45, 7) is 0.191. The summed E-state index contributed by atoms with van der Waals surface area (Å²) in [5.41, 5.74) is 3.75. The first-order valence-corrected chi connectivity index (χ1v) is 10.1. The van der Waals surface area contributed by atoms with E-state index in [-0.39, 0.29) is 25.5 Å². The maximum Gasteiger partial charge on any atom is 0.336 e. The molecule has 2 heterocycles. The Morgan fingerprint density at radius 3 is 2.79 bits per heavy atom. The van der Waals surface area contributed by atoms with Crippen molar-refractivity contribution in [2.75, 3.05) is 6.54 Å². The molecule has 1 aromatic carbocycles. The second kappa shape index (κ2) is 7.98. The third-order valence-electron chi connectivity index (χ3n) is 4.83. The number of esters is 1. The number of hydrogen-bond acceptors (Lipinski definition) is 6. The monoisotopic (exact) mass is 397 g/mol. The normalized spacial score (nSPS) is 12.7. The van der Waals surface area contributed by atoms with Gasteiger partial charge in [-0.25, -0.2) is 4.79 Å². The van der Waals surface area contributed by atoms with Crippen LogP contribution >= 0.6 is 11.3 Å². The van der Waals surface area contributed by atoms with Crippen molar-refractivity contribution in [3.8, 4) is 0 Å². The summed E-state index contributed by atoms with van der Waals surface area (Å²) in [6.07, 6.45) is 3.15. The van der Waals surface area contributed by atoms with Crippen molar-refractivity contribution < 1.29 is 18.7 Å². The molecule has 28 heavy (non-hydrogen) atoms. The predicted molar refractivity (Wildman–Crippen MR) is 106 cm³/mol. The maximum absolute atomic E-state index is 12.0. The van der Waals surface area contributed by atoms with E-state index in [2.05, 4.69) is 5.32 Å². The smallest absolute Gasteiger partial charge is 0.336 e. The molecule has 4 rings (SSSR count). The molecule has 0 fully saturated rings. The van der Waals surface area contributed by atoms with Crippen LogP contribution in [0.15, 0.2) is 44.2 Å². The average molecular weight is 397 g/mol. The number of fused-ring (bicyclic) bond motifs is 2. The number of carbonyl (C=O) groups excluding carboxylic acids is 2. The lowest BCUT2D eigenvalue weighted by molar-refractivity contribution is -0.144. The molecule has 0 spiro atoms. The molecule has 2 aromatic heterocycles. The fraction of sp³-hybridized carbons (Fsp3) is 0.286. The van der Waals surface area contributed by atoms with Gasteiger partial charge in [0.1, 0.15) is 12.2 Å². The van der Waals surface area contributed by atoms with Gasteiger partial charge in [-0.1, -0.05) is 0 Å². The zero-order valence-corrected chi connectivity index (χ0v) is 16.0. The van der Waals surface area contributed by atoms with Crippen molar-refractivity contribution >= 4 is 34.2 Å². The van der Waals surface area contributed by atoms with Gasteiger partial charge < -0.3 is 14.5 Å². The Morgan fingerprint density at radius 2 is 2.00 bits per heavy atom. The van der Waals surface area contributed by atoms with Crippen molar-refractivity contribution in [3.05, 3.63) is 67.7 Å². The highest BCUT2D eigenvalue weighted by molar-refractivity contribution is 7.08. The van der Waals surface area contributed by atoms with Gasteiger partial charge in [0.05, 0.1) is 6.42 Å². The number of benzene rings is 1. The molecule has 0 saturated heterocycles. The Bertz CT molecular complexity index is 1080. The number of ether oxygens (including phenoxy) is 1. The SMILES string of the molecule is O=C(CCNC(=O)c1ccsc1)OCc1cc(=O)oc2cc3c(cc12)CCC3. The number of aryl methyl sites for hydroxylation is 2. The maximum atomic E-state index is 12.0. The van der Waals surface area contributed by atoms with Gasteiger partial charge >= 0.3 is 11.6 Å². The molecule has 0 unspecified atom stereocenters. The highest BCUT2D eigenvalue weighted by Crippen LogP contribution is 2.28. The van der Waals surface area contributed by atoms with E-state index in [0.717, 1.165) is 24.6 Å². The lowest BCUT2D eigenvalue weighted by Gasteiger charge is -2.09. The van der Waals surface area contributed by atoms with Crippen LogP contribution in [0.5, 0.6) is 0 Å². The number of amides is 1. The largest absolute Gasteiger partial charge is 0.461 e. The molecule has 6 nitrogen and oxygen atoms in total. The van der Waals surface area contributed by atoms with E-state index in [0.29, 0.717) is 16.7 Å². The van der Waals surface area contributed by atoms with Crippen LogP contribution in [-0.4, -0.2) is 18.4 Å². The van der Waals surface area contributed by atoms with E-state index >= 15 is 0 Å². The van der Waals surface area contributed by atoms with Gasteiger partial charge in [0, 0.05) is 34.5 Å². The minimum Gasteiger partial charge on any atom is -0.461 e. The Labute approximate surface area is 165 Å². The molecule has 3 aromatic rings. The molecular weight excluding hydrogens is 378 g/mol. The van der Waals surface area contributed by atoms with E-state index < -0.39 is 11.6 Å². The van der Waals surface area contributed by atoms with Gasteiger partial charge in [-0.3, -0.25) is 9.59 Å². The molecule has 1 aliphatic rings. The van der Waals surface area contributed by atoms with E-state index in [4.69, 9.17) is 9.15 Å². The topological polar surface area (TPSA) is 85.6 Å². The van der Waals surface area contributed by atoms with Crippen LogP contribution in [0.4, 0.5) is 0 Å². The summed E-state index contributed by atoms with van der Waals surface area (Å²) in [6, 6.07) is 7.05. The van der Waals surface area contributed by atoms with Crippen LogP contribution in [0.3, 0.4) is 0 Å². The summed E-state index contributed by atoms with van der Waals surface area (Å²) >= 11 is 1.44. The van der Waals surface area contributed by atoms with Crippen LogP contribution in [-0.2, 0) is 29.0 Å². The summed E-state index contributed by atoms with van der Waals surface area (Å²) in [4.78, 5) is 35.7. The zero-order valence-electron chi connectivity index (χ0n) is 15.2. The first kappa shape index (κ1) is 18.4. The van der Waals surface area contributed by atoms with Gasteiger partial charge in [0.2, 0.25) is 0 Å². The standard InChI is InChI=1S/C21H19NO5S/c23-19(4-6-22-21(25)15-5-7-28-12-15)26-11-16-10-20(24)27-18-9-14-3-1-2-13(14)8-17(16)18/h5,7-10,12H,1-4,6,11H2,(H,22,25). The Morgan fingerprint density at radius 1 is 1.18 bits per heavy atom. The molecule has 1 aliphatic carbocycles. The number of carbonyl (C=O) groups is 2. The molecule has 144 valence electrons. The predicted octanol–water partition coefficient (Wildman–Crippen LogP) is 3.21. The quantitative estimate of drug-likeness (QED) is 0.510. The van der Waals surface area contributed by atoms with Crippen molar-refractivity contribution in [1.82, 2.24) is 5.32 Å². The van der Waals surface area contributed by atoms with Crippen LogP contribution in [0.25, 0.3) is 11.0 Å². The van der Waals surface area contributed by atoms with Crippen molar-refractivity contribution in [2.45, 2.75) is 32.3 Å². The molecular formula is C21H19NO5S. The lowest BCUT2D eigenvalue weighted by Crippen LogP contribution is -2.26. The van der Waals surface area contributed by atoms with Crippen molar-refractivity contribution in [2.24, 2.45) is 0 Å². The fourth-order valence-corrected chi connectivity index (χ4v) is 4.05. The number of hydrogen-bond donors (Lipinski definition) is 1. The Kier molecular flexibility index (Phi) is 5.25. The first-order chi connectivity index (χ1) is 13.6. The second-order valence-corrected chi connectivity index (χ2v) is 7.52. The van der Waals surface area contributed by atoms with E-state index in [1.54, 1.807) is 11.4 Å². The van der Waals surface area contributed by atoms with Crippen molar-refractivity contribution in [3.63, 3.8) is 0 Å². The minimum atomic E-state index is -0.459. The van der Waals surface area contributed by atoms with Gasteiger partial charge in [-0.2, -0.15) is 11.3 Å². The highest BCUT2D eigenvalue weighted by atomic mass is 32.1. The van der Waals surface area contributed by atoms with Crippen LogP contribution in [0, 0.1) is 0 Å². The van der Waals surface area contributed by atoms with E-state index in [9.17, 15) is 14.4 Å². The number of thiophene rings is 1. The van der Waals surface area contributed by atoms with Gasteiger partial charge in [-0.05, 0) is 54.0 Å². The van der Waals surface area contributed by atoms with Crippen LogP contribution < -0.4 is 10.9 Å². The van der Waals surface area contributed by atoms with E-state index in [1.165, 1.54) is 28.5 Å². The number of rotatable bonds is 6. The number of nitrogens with one attached hydrogen (secondary N) is 1. The van der Waals surface area contributed by atoms with Crippen LogP contribution in [0.1, 0.15) is 39.9 Å². The minimum absolute atomic E-state index is 0.00179. The third kappa shape index (κ3) is 3.99. The van der Waals surface area contributed by atoms with Gasteiger partial charge in [0.25, 0.3) is 5.91 Å². The molecule has 0 saturated carbocycles. The zero-order chi connectivity index (χ0) is 19.5. The highest BCUT2D eigenvalue weighted by Gasteiger charge is 2.16. The molecule has 1 N–H and O–H groups in total. The van der Waals surface area contributed by atoms with E-state index in [1.807, 2.05) is 17.5 Å². The Balaban J connectivity index is 1.38. The molecule has 0 bridgehead atoms. The third-order valence-corrected chi connectivity index (χ3v) is 5.51. The summed E-state index contributed by atoms with van der Waals surface area (Å²) in [7, 11) is 0. The second-order valence-electron chi connectivity index (χ2n) is 6.74. The summed E-state index contributed by atoms with van der Waals surface area (Å²) in [5, 5.41) is 7.05. The van der Waals surface area contributed by atoms with Gasteiger partial charge in [-0.15, -0.1) is 0 Å².